The Bertz CT molecular complexity index is 1050. The monoisotopic (exact) mass is 446 g/mol. The molecule has 1 atom stereocenters. The summed E-state index contributed by atoms with van der Waals surface area (Å²) in [7, 11) is 0. The summed E-state index contributed by atoms with van der Waals surface area (Å²) in [6.45, 7) is -0.0290. The molecule has 31 heavy (non-hydrogen) atoms. The molecule has 1 saturated heterocycles. The zero-order valence-electron chi connectivity index (χ0n) is 16.5. The number of hydrogen-bond donors (Lipinski definition) is 1. The van der Waals surface area contributed by atoms with E-state index in [0.717, 1.165) is 0 Å². The van der Waals surface area contributed by atoms with E-state index in [4.69, 9.17) is 10.00 Å². The van der Waals surface area contributed by atoms with Crippen molar-refractivity contribution in [3.63, 3.8) is 0 Å². The Balaban J connectivity index is 1.42. The maximum Gasteiger partial charge on any atom is 0.252 e. The van der Waals surface area contributed by atoms with Crippen LogP contribution >= 0.6 is 11.8 Å². The van der Waals surface area contributed by atoms with E-state index in [9.17, 15) is 18.4 Å². The number of ether oxygens (including phenoxy) is 1. The number of hydrogen-bond acceptors (Lipinski definition) is 6. The second kappa shape index (κ2) is 8.67. The van der Waals surface area contributed by atoms with Crippen LogP contribution in [0.25, 0.3) is 10.9 Å². The molecule has 1 N–H and O–H groups in total. The number of halogens is 2. The highest BCUT2D eigenvalue weighted by molar-refractivity contribution is 7.99. The predicted octanol–water partition coefficient (Wildman–Crippen LogP) is 2.81. The number of carbonyl (C=O) groups is 2. The number of rotatable bonds is 6. The maximum atomic E-state index is 13.0. The summed E-state index contributed by atoms with van der Waals surface area (Å²) in [5.41, 5.74) is 0.896. The first-order valence-electron chi connectivity index (χ1n) is 9.81. The zero-order chi connectivity index (χ0) is 22.0. The Morgan fingerprint density at radius 1 is 1.35 bits per heavy atom. The molecule has 1 aromatic heterocycles. The number of fused-ring (bicyclic) bond motifs is 1. The molecule has 2 heterocycles. The van der Waals surface area contributed by atoms with E-state index >= 15 is 0 Å². The van der Waals surface area contributed by atoms with Crippen LogP contribution in [0.2, 0.25) is 0 Å². The fraction of sp³-hybridized carbons (Fsp3) is 0.429. The van der Waals surface area contributed by atoms with E-state index < -0.39 is 17.9 Å². The molecule has 4 rings (SSSR count). The Morgan fingerprint density at radius 2 is 2.16 bits per heavy atom. The largest absolute Gasteiger partial charge is 0.493 e. The highest BCUT2D eigenvalue weighted by Gasteiger charge is 2.45. The normalized spacial score (nSPS) is 20.2. The molecular weight excluding hydrogens is 426 g/mol. The topological polar surface area (TPSA) is 95.3 Å². The maximum absolute atomic E-state index is 13.0. The number of alkyl halides is 2. The van der Waals surface area contributed by atoms with Crippen molar-refractivity contribution in [2.45, 2.75) is 24.8 Å². The highest BCUT2D eigenvalue weighted by atomic mass is 32.2. The summed E-state index contributed by atoms with van der Waals surface area (Å²) < 4.78 is 31.6. The van der Waals surface area contributed by atoms with Gasteiger partial charge in [-0.25, -0.2) is 8.78 Å². The summed E-state index contributed by atoms with van der Waals surface area (Å²) in [5.74, 6) is -2.08. The third kappa shape index (κ3) is 4.71. The third-order valence-corrected chi connectivity index (χ3v) is 6.38. The zero-order valence-corrected chi connectivity index (χ0v) is 17.3. The number of benzene rings is 1. The lowest BCUT2D eigenvalue weighted by Gasteiger charge is -2.34. The summed E-state index contributed by atoms with van der Waals surface area (Å²) in [6.07, 6.45) is 1.15. The molecule has 0 spiro atoms. The lowest BCUT2D eigenvalue weighted by atomic mass is 9.82. The molecule has 1 unspecified atom stereocenters. The number of nitriles is 1. The molecule has 1 aliphatic carbocycles. The number of carbonyl (C=O) groups excluding carboxylic acids is 2. The van der Waals surface area contributed by atoms with E-state index in [1.165, 1.54) is 22.9 Å². The third-order valence-electron chi connectivity index (χ3n) is 5.37. The van der Waals surface area contributed by atoms with Gasteiger partial charge in [0.15, 0.2) is 0 Å². The van der Waals surface area contributed by atoms with Crippen molar-refractivity contribution in [2.24, 2.45) is 5.92 Å². The highest BCUT2D eigenvalue weighted by Crippen LogP contribution is 2.42. The van der Waals surface area contributed by atoms with E-state index in [-0.39, 0.29) is 37.8 Å². The summed E-state index contributed by atoms with van der Waals surface area (Å²) >= 11 is 1.50. The standard InChI is InChI=1S/C21H20F2N4O3S/c22-21(23)6-13(7-21)10-30-15-1-2-18-17(5-15)16(3-4-25-18)20(29)26-9-19(28)27-12-31-11-14(27)8-24/h1-5,13-14H,6-7,9-12H2,(H,26,29). The second-order valence-electron chi connectivity index (χ2n) is 7.67. The van der Waals surface area contributed by atoms with Gasteiger partial charge in [0.25, 0.3) is 5.91 Å². The van der Waals surface area contributed by atoms with Crippen molar-refractivity contribution in [3.05, 3.63) is 36.0 Å². The molecule has 0 bridgehead atoms. The van der Waals surface area contributed by atoms with E-state index in [2.05, 4.69) is 16.4 Å². The van der Waals surface area contributed by atoms with Gasteiger partial charge in [0.1, 0.15) is 11.8 Å². The van der Waals surface area contributed by atoms with Crippen LogP contribution in [0.4, 0.5) is 8.78 Å². The van der Waals surface area contributed by atoms with Gasteiger partial charge in [-0.05, 0) is 24.3 Å². The molecule has 2 aliphatic rings. The molecule has 10 heteroatoms. The molecule has 1 aliphatic heterocycles. The van der Waals surface area contributed by atoms with E-state index in [1.54, 1.807) is 24.3 Å². The SMILES string of the molecule is N#CC1CSCN1C(=O)CNC(=O)c1ccnc2ccc(OCC3CC(F)(F)C3)cc12. The Hall–Kier alpha value is -2.93. The van der Waals surface area contributed by atoms with Gasteiger partial charge in [0.05, 0.1) is 36.2 Å². The molecule has 1 aromatic carbocycles. The van der Waals surface area contributed by atoms with Gasteiger partial charge in [-0.3, -0.25) is 14.6 Å². The average Bonchev–Trinajstić information content (AvgIpc) is 3.22. The molecular formula is C21H20F2N4O3S. The molecule has 2 aromatic rings. The summed E-state index contributed by atoms with van der Waals surface area (Å²) in [5, 5.41) is 12.3. The summed E-state index contributed by atoms with van der Waals surface area (Å²) in [4.78, 5) is 30.8. The van der Waals surface area contributed by atoms with Crippen LogP contribution in [0.3, 0.4) is 0 Å². The molecule has 162 valence electrons. The van der Waals surface area contributed by atoms with Crippen molar-refractivity contribution < 1.29 is 23.1 Å². The van der Waals surface area contributed by atoms with Gasteiger partial charge >= 0.3 is 0 Å². The van der Waals surface area contributed by atoms with Crippen molar-refractivity contribution in [3.8, 4) is 11.8 Å². The Labute approximate surface area is 181 Å². The van der Waals surface area contributed by atoms with Gasteiger partial charge in [0, 0.05) is 36.1 Å². The second-order valence-corrected chi connectivity index (χ2v) is 8.67. The lowest BCUT2D eigenvalue weighted by Crippen LogP contribution is -2.42. The number of nitrogens with one attached hydrogen (secondary N) is 1. The molecule has 2 fully saturated rings. The minimum absolute atomic E-state index is 0.175. The van der Waals surface area contributed by atoms with Crippen molar-refractivity contribution >= 4 is 34.5 Å². The Morgan fingerprint density at radius 3 is 2.90 bits per heavy atom. The number of aromatic nitrogens is 1. The fourth-order valence-corrected chi connectivity index (χ4v) is 4.78. The van der Waals surface area contributed by atoms with Gasteiger partial charge in [-0.2, -0.15) is 5.26 Å². The first kappa shape index (κ1) is 21.3. The number of amides is 2. The van der Waals surface area contributed by atoms with Crippen molar-refractivity contribution in [2.75, 3.05) is 24.8 Å². The van der Waals surface area contributed by atoms with Gasteiger partial charge < -0.3 is 15.0 Å². The van der Waals surface area contributed by atoms with Crippen LogP contribution in [0.1, 0.15) is 23.2 Å². The minimum Gasteiger partial charge on any atom is -0.493 e. The van der Waals surface area contributed by atoms with Crippen LogP contribution in [0, 0.1) is 17.2 Å². The van der Waals surface area contributed by atoms with Gasteiger partial charge in [-0.1, -0.05) is 0 Å². The quantitative estimate of drug-likeness (QED) is 0.733. The van der Waals surface area contributed by atoms with Crippen LogP contribution in [-0.2, 0) is 4.79 Å². The van der Waals surface area contributed by atoms with Crippen LogP contribution in [0.15, 0.2) is 30.5 Å². The lowest BCUT2D eigenvalue weighted by molar-refractivity contribution is -0.129. The summed E-state index contributed by atoms with van der Waals surface area (Å²) in [6, 6.07) is 8.18. The number of nitrogens with zero attached hydrogens (tertiary/aromatic N) is 3. The van der Waals surface area contributed by atoms with Crippen LogP contribution in [0.5, 0.6) is 5.75 Å². The first-order chi connectivity index (χ1) is 14.9. The number of thioether (sulfide) groups is 1. The van der Waals surface area contributed by atoms with Crippen molar-refractivity contribution in [1.29, 1.82) is 5.26 Å². The van der Waals surface area contributed by atoms with Crippen LogP contribution in [-0.4, -0.2) is 58.4 Å². The fourth-order valence-electron chi connectivity index (χ4n) is 3.68. The minimum atomic E-state index is -2.59. The van der Waals surface area contributed by atoms with Crippen molar-refractivity contribution in [1.82, 2.24) is 15.2 Å². The smallest absolute Gasteiger partial charge is 0.252 e. The molecule has 7 nitrogen and oxygen atoms in total. The molecule has 1 saturated carbocycles. The molecule has 2 amide bonds. The van der Waals surface area contributed by atoms with Crippen LogP contribution < -0.4 is 10.1 Å². The predicted molar refractivity (Wildman–Crippen MR) is 111 cm³/mol. The van der Waals surface area contributed by atoms with E-state index in [0.29, 0.717) is 33.8 Å². The average molecular weight is 446 g/mol. The first-order valence-corrected chi connectivity index (χ1v) is 11.0. The Kier molecular flexibility index (Phi) is 5.96. The van der Waals surface area contributed by atoms with Gasteiger partial charge in [-0.15, -0.1) is 11.8 Å². The van der Waals surface area contributed by atoms with E-state index in [1.807, 2.05) is 0 Å². The van der Waals surface area contributed by atoms with Gasteiger partial charge in [0.2, 0.25) is 11.8 Å². The number of pyridine rings is 1. The molecule has 0 radical (unpaired) electrons.